The number of benzene rings is 8. The first-order valence-electron chi connectivity index (χ1n) is 17.6. The highest BCUT2D eigenvalue weighted by atomic mass is 16.3. The smallest absolute Gasteiger partial charge is 0.137 e. The maximum atomic E-state index is 6.45. The number of nitrogens with zero attached hydrogens (tertiary/aromatic N) is 1. The van der Waals surface area contributed by atoms with Gasteiger partial charge in [0.1, 0.15) is 11.2 Å². The molecule has 2 nitrogen and oxygen atoms in total. The van der Waals surface area contributed by atoms with Crippen molar-refractivity contribution in [3.8, 4) is 33.4 Å². The molecule has 11 rings (SSSR count). The Morgan fingerprint density at radius 1 is 0.373 bits per heavy atom. The maximum Gasteiger partial charge on any atom is 0.137 e. The van der Waals surface area contributed by atoms with E-state index in [4.69, 9.17) is 4.42 Å². The van der Waals surface area contributed by atoms with E-state index in [1.165, 1.54) is 55.6 Å². The zero-order valence-electron chi connectivity index (χ0n) is 27.8. The van der Waals surface area contributed by atoms with E-state index in [0.29, 0.717) is 0 Å². The molecule has 2 heteroatoms. The molecular formula is C49H31NO. The third kappa shape index (κ3) is 3.87. The monoisotopic (exact) mass is 649 g/mol. The molecule has 0 saturated heterocycles. The van der Waals surface area contributed by atoms with Crippen molar-refractivity contribution in [1.29, 1.82) is 0 Å². The van der Waals surface area contributed by atoms with Crippen molar-refractivity contribution in [2.24, 2.45) is 0 Å². The summed E-state index contributed by atoms with van der Waals surface area (Å²) >= 11 is 0. The van der Waals surface area contributed by atoms with E-state index in [9.17, 15) is 0 Å². The molecule has 1 aromatic heterocycles. The lowest BCUT2D eigenvalue weighted by Crippen LogP contribution is -2.26. The molecule has 0 fully saturated rings. The largest absolute Gasteiger partial charge is 0.456 e. The van der Waals surface area contributed by atoms with Crippen molar-refractivity contribution in [2.45, 2.75) is 5.41 Å². The molecule has 0 unspecified atom stereocenters. The van der Waals surface area contributed by atoms with Gasteiger partial charge in [-0.1, -0.05) is 146 Å². The Kier molecular flexibility index (Phi) is 5.91. The highest BCUT2D eigenvalue weighted by Crippen LogP contribution is 2.63. The fourth-order valence-corrected chi connectivity index (χ4v) is 9.05. The molecule has 0 bridgehead atoms. The second-order valence-electron chi connectivity index (χ2n) is 13.6. The second kappa shape index (κ2) is 10.7. The third-order valence-corrected chi connectivity index (χ3v) is 11.1. The highest BCUT2D eigenvalue weighted by Gasteiger charge is 2.51. The van der Waals surface area contributed by atoms with Crippen molar-refractivity contribution in [3.05, 3.63) is 210 Å². The van der Waals surface area contributed by atoms with Crippen LogP contribution in [0.5, 0.6) is 0 Å². The van der Waals surface area contributed by atoms with E-state index in [1.54, 1.807) is 0 Å². The quantitative estimate of drug-likeness (QED) is 0.189. The van der Waals surface area contributed by atoms with Gasteiger partial charge in [-0.05, 0) is 98.1 Å². The van der Waals surface area contributed by atoms with Crippen LogP contribution in [0.1, 0.15) is 22.3 Å². The van der Waals surface area contributed by atoms with Gasteiger partial charge in [0.15, 0.2) is 0 Å². The van der Waals surface area contributed by atoms with Gasteiger partial charge in [0.05, 0.1) is 16.5 Å². The van der Waals surface area contributed by atoms with E-state index in [0.717, 1.165) is 39.0 Å². The number of rotatable bonds is 4. The summed E-state index contributed by atoms with van der Waals surface area (Å²) in [6.07, 6.45) is 0. The van der Waals surface area contributed by atoms with Crippen molar-refractivity contribution in [1.82, 2.24) is 0 Å². The lowest BCUT2D eigenvalue weighted by Gasteiger charge is -2.32. The van der Waals surface area contributed by atoms with E-state index in [1.807, 2.05) is 6.07 Å². The Bertz CT molecular complexity index is 2760. The molecule has 0 amide bonds. The molecule has 0 radical (unpaired) electrons. The van der Waals surface area contributed by atoms with Gasteiger partial charge in [0.25, 0.3) is 0 Å². The van der Waals surface area contributed by atoms with Crippen LogP contribution in [0.3, 0.4) is 0 Å². The van der Waals surface area contributed by atoms with Crippen molar-refractivity contribution < 1.29 is 4.42 Å². The Balaban J connectivity index is 1.22. The van der Waals surface area contributed by atoms with Gasteiger partial charge in [-0.25, -0.2) is 0 Å². The van der Waals surface area contributed by atoms with Gasteiger partial charge in [0.2, 0.25) is 0 Å². The van der Waals surface area contributed by atoms with Crippen LogP contribution < -0.4 is 4.90 Å². The van der Waals surface area contributed by atoms with Gasteiger partial charge in [-0.2, -0.15) is 0 Å². The minimum absolute atomic E-state index is 0.430. The summed E-state index contributed by atoms with van der Waals surface area (Å²) < 4.78 is 6.45. The average Bonchev–Trinajstić information content (AvgIpc) is 3.83. The van der Waals surface area contributed by atoms with Gasteiger partial charge >= 0.3 is 0 Å². The fraction of sp³-hybridized carbons (Fsp3) is 0.0204. The Labute approximate surface area is 296 Å². The van der Waals surface area contributed by atoms with Gasteiger partial charge < -0.3 is 9.32 Å². The van der Waals surface area contributed by atoms with Crippen LogP contribution in [0.25, 0.3) is 55.3 Å². The first-order valence-corrected chi connectivity index (χ1v) is 17.6. The molecule has 9 aromatic rings. The molecule has 0 atom stereocenters. The molecule has 51 heavy (non-hydrogen) atoms. The van der Waals surface area contributed by atoms with Gasteiger partial charge in [-0.15, -0.1) is 0 Å². The normalized spacial score (nSPS) is 13.3. The summed E-state index contributed by atoms with van der Waals surface area (Å²) in [6, 6.07) is 68.5. The molecule has 8 aromatic carbocycles. The number of hydrogen-bond donors (Lipinski definition) is 0. The van der Waals surface area contributed by atoms with Gasteiger partial charge in [-0.3, -0.25) is 0 Å². The third-order valence-electron chi connectivity index (χ3n) is 11.1. The number of hydrogen-bond acceptors (Lipinski definition) is 2. The average molecular weight is 650 g/mol. The minimum atomic E-state index is -0.430. The summed E-state index contributed by atoms with van der Waals surface area (Å²) in [5.41, 5.74) is 17.5. The summed E-state index contributed by atoms with van der Waals surface area (Å²) in [5.74, 6) is 0. The molecule has 238 valence electrons. The minimum Gasteiger partial charge on any atom is -0.456 e. The van der Waals surface area contributed by atoms with E-state index < -0.39 is 5.41 Å². The molecule has 2 aliphatic carbocycles. The van der Waals surface area contributed by atoms with Crippen LogP contribution in [0.2, 0.25) is 0 Å². The number of furan rings is 1. The van der Waals surface area contributed by atoms with Crippen LogP contribution in [0.15, 0.2) is 192 Å². The van der Waals surface area contributed by atoms with E-state index in [2.05, 4.69) is 187 Å². The summed E-state index contributed by atoms with van der Waals surface area (Å²) in [5, 5.41) is 2.21. The lowest BCUT2D eigenvalue weighted by molar-refractivity contribution is 0.669. The Morgan fingerprint density at radius 2 is 0.922 bits per heavy atom. The van der Waals surface area contributed by atoms with Crippen LogP contribution >= 0.6 is 0 Å². The van der Waals surface area contributed by atoms with Crippen LogP contribution in [-0.2, 0) is 5.41 Å². The standard InChI is InChI=1S/C49H31NO/c1-2-14-32(15-3-1)33-16-12-17-34(30-33)50(45-25-13-27-47-48(45)40-21-7-11-26-46(40)51-47)35-28-29-39-38-20-6-10-24-43(38)49(44(39)31-35)41-22-8-4-18-36(41)37-19-5-9-23-42(37)49/h1-31H. The molecule has 0 saturated carbocycles. The number of para-hydroxylation sites is 1. The topological polar surface area (TPSA) is 16.4 Å². The predicted molar refractivity (Wildman–Crippen MR) is 210 cm³/mol. The van der Waals surface area contributed by atoms with E-state index in [-0.39, 0.29) is 0 Å². The van der Waals surface area contributed by atoms with E-state index >= 15 is 0 Å². The Hall–Kier alpha value is -6.64. The van der Waals surface area contributed by atoms with Gasteiger partial charge in [0, 0.05) is 16.8 Å². The first-order chi connectivity index (χ1) is 25.3. The van der Waals surface area contributed by atoms with Crippen molar-refractivity contribution >= 4 is 39.0 Å². The second-order valence-corrected chi connectivity index (χ2v) is 13.6. The van der Waals surface area contributed by atoms with Crippen molar-refractivity contribution in [2.75, 3.05) is 4.90 Å². The van der Waals surface area contributed by atoms with Crippen LogP contribution in [0.4, 0.5) is 17.1 Å². The predicted octanol–water partition coefficient (Wildman–Crippen LogP) is 13.1. The first kappa shape index (κ1) is 28.2. The summed E-state index contributed by atoms with van der Waals surface area (Å²) in [4.78, 5) is 2.43. The van der Waals surface area contributed by atoms with Crippen LogP contribution in [0, 0.1) is 0 Å². The van der Waals surface area contributed by atoms with Crippen LogP contribution in [-0.4, -0.2) is 0 Å². The maximum absolute atomic E-state index is 6.45. The molecule has 2 aliphatic rings. The lowest BCUT2D eigenvalue weighted by atomic mass is 9.70. The zero-order chi connectivity index (χ0) is 33.5. The number of fused-ring (bicyclic) bond motifs is 13. The summed E-state index contributed by atoms with van der Waals surface area (Å²) in [6.45, 7) is 0. The molecule has 1 spiro atoms. The summed E-state index contributed by atoms with van der Waals surface area (Å²) in [7, 11) is 0. The molecular weight excluding hydrogens is 619 g/mol. The highest BCUT2D eigenvalue weighted by molar-refractivity contribution is 6.13. The number of anilines is 3. The fourth-order valence-electron chi connectivity index (χ4n) is 9.05. The van der Waals surface area contributed by atoms with Crippen molar-refractivity contribution in [3.63, 3.8) is 0 Å². The molecule has 0 aliphatic heterocycles. The SMILES string of the molecule is c1ccc(-c2cccc(N(c3ccc4c(c3)C3(c5ccccc5-c5ccccc53)c3ccccc3-4)c3cccc4oc5ccccc5c34)c2)cc1. The molecule has 1 heterocycles. The Morgan fingerprint density at radius 3 is 1.65 bits per heavy atom. The molecule has 0 N–H and O–H groups in total. The zero-order valence-corrected chi connectivity index (χ0v) is 27.8.